The fourth-order valence-corrected chi connectivity index (χ4v) is 2.68. The van der Waals surface area contributed by atoms with Crippen LogP contribution in [0.25, 0.3) is 11.0 Å². The smallest absolute Gasteiger partial charge is 0.338 e. The van der Waals surface area contributed by atoms with Crippen LogP contribution in [0.3, 0.4) is 0 Å². The van der Waals surface area contributed by atoms with Gasteiger partial charge in [0, 0.05) is 6.54 Å². The standard InChI is InChI=1S/C22H22N4O4/c1-13-14(2)25-19-11-17(9-10-18(19)24-13)21(28)30-15(3)20(27)26-22(29)23-12-16-7-5-4-6-8-16/h4-11,15H,12H2,1-3H3,(H2,23,26,27,29)/t15-/m1/s1. The Bertz CT molecular complexity index is 1100. The van der Waals surface area contributed by atoms with Gasteiger partial charge in [-0.1, -0.05) is 30.3 Å². The minimum absolute atomic E-state index is 0.244. The van der Waals surface area contributed by atoms with Gasteiger partial charge < -0.3 is 10.1 Å². The van der Waals surface area contributed by atoms with Crippen LogP contribution < -0.4 is 10.6 Å². The molecule has 8 nitrogen and oxygen atoms in total. The lowest BCUT2D eigenvalue weighted by Crippen LogP contribution is -2.44. The molecule has 154 valence electrons. The molecule has 0 fully saturated rings. The summed E-state index contributed by atoms with van der Waals surface area (Å²) in [5.41, 5.74) is 3.94. The Labute approximate surface area is 173 Å². The number of esters is 1. The molecule has 0 bridgehead atoms. The molecule has 2 aromatic carbocycles. The van der Waals surface area contributed by atoms with Crippen LogP contribution in [0.2, 0.25) is 0 Å². The first-order valence-corrected chi connectivity index (χ1v) is 9.42. The first-order valence-electron chi connectivity index (χ1n) is 9.42. The van der Waals surface area contributed by atoms with Gasteiger partial charge in [0.05, 0.1) is 28.0 Å². The first kappa shape index (κ1) is 20.9. The molecule has 0 aliphatic heterocycles. The van der Waals surface area contributed by atoms with E-state index in [2.05, 4.69) is 20.6 Å². The highest BCUT2D eigenvalue weighted by molar-refractivity contribution is 5.99. The maximum Gasteiger partial charge on any atom is 0.338 e. The van der Waals surface area contributed by atoms with Crippen molar-refractivity contribution < 1.29 is 19.1 Å². The number of carbonyl (C=O) groups is 3. The number of hydrogen-bond acceptors (Lipinski definition) is 6. The van der Waals surface area contributed by atoms with E-state index in [0.717, 1.165) is 17.0 Å². The number of nitrogens with one attached hydrogen (secondary N) is 2. The average molecular weight is 406 g/mol. The minimum Gasteiger partial charge on any atom is -0.449 e. The van der Waals surface area contributed by atoms with Crippen molar-refractivity contribution in [2.24, 2.45) is 0 Å². The largest absolute Gasteiger partial charge is 0.449 e. The first-order chi connectivity index (χ1) is 14.3. The average Bonchev–Trinajstić information content (AvgIpc) is 2.73. The number of fused-ring (bicyclic) bond motifs is 1. The van der Waals surface area contributed by atoms with Crippen LogP contribution in [0.15, 0.2) is 48.5 Å². The number of urea groups is 1. The second-order valence-electron chi connectivity index (χ2n) is 6.80. The molecule has 30 heavy (non-hydrogen) atoms. The molecular weight excluding hydrogens is 384 g/mol. The van der Waals surface area contributed by atoms with Gasteiger partial charge >= 0.3 is 12.0 Å². The molecule has 0 unspecified atom stereocenters. The minimum atomic E-state index is -1.15. The van der Waals surface area contributed by atoms with E-state index >= 15 is 0 Å². The second-order valence-corrected chi connectivity index (χ2v) is 6.80. The van der Waals surface area contributed by atoms with Crippen molar-refractivity contribution >= 4 is 28.9 Å². The van der Waals surface area contributed by atoms with Crippen LogP contribution in [0, 0.1) is 13.8 Å². The van der Waals surface area contributed by atoms with Gasteiger partial charge in [0.2, 0.25) is 0 Å². The van der Waals surface area contributed by atoms with E-state index in [9.17, 15) is 14.4 Å². The van der Waals surface area contributed by atoms with Crippen LogP contribution >= 0.6 is 0 Å². The van der Waals surface area contributed by atoms with Crippen molar-refractivity contribution in [3.05, 3.63) is 71.0 Å². The molecule has 3 amide bonds. The number of benzene rings is 2. The van der Waals surface area contributed by atoms with E-state index in [0.29, 0.717) is 11.0 Å². The van der Waals surface area contributed by atoms with Crippen LogP contribution in [0.5, 0.6) is 0 Å². The van der Waals surface area contributed by atoms with E-state index in [1.807, 2.05) is 44.2 Å². The van der Waals surface area contributed by atoms with Crippen molar-refractivity contribution in [3.63, 3.8) is 0 Å². The van der Waals surface area contributed by atoms with E-state index < -0.39 is 24.0 Å². The fourth-order valence-electron chi connectivity index (χ4n) is 2.68. The van der Waals surface area contributed by atoms with Gasteiger partial charge in [-0.15, -0.1) is 0 Å². The molecule has 8 heteroatoms. The van der Waals surface area contributed by atoms with Crippen LogP contribution in [0.1, 0.15) is 34.2 Å². The van der Waals surface area contributed by atoms with Crippen LogP contribution in [-0.4, -0.2) is 34.0 Å². The fraction of sp³-hybridized carbons (Fsp3) is 0.227. The predicted octanol–water partition coefficient (Wildman–Crippen LogP) is 2.82. The Balaban J connectivity index is 1.56. The van der Waals surface area contributed by atoms with Gasteiger partial charge in [0.25, 0.3) is 5.91 Å². The van der Waals surface area contributed by atoms with Gasteiger partial charge in [0.1, 0.15) is 0 Å². The third kappa shape index (κ3) is 5.16. The number of aryl methyl sites for hydroxylation is 2. The van der Waals surface area contributed by atoms with E-state index in [1.54, 1.807) is 18.2 Å². The molecule has 1 aromatic heterocycles. The Kier molecular flexibility index (Phi) is 6.36. The SMILES string of the molecule is Cc1nc2ccc(C(=O)O[C@H](C)C(=O)NC(=O)NCc3ccccc3)cc2nc1C. The highest BCUT2D eigenvalue weighted by Gasteiger charge is 2.21. The van der Waals surface area contributed by atoms with Crippen molar-refractivity contribution in [1.29, 1.82) is 0 Å². The summed E-state index contributed by atoms with van der Waals surface area (Å²) >= 11 is 0. The Morgan fingerprint density at radius 2 is 1.63 bits per heavy atom. The summed E-state index contributed by atoms with van der Waals surface area (Å²) in [6.45, 7) is 5.36. The molecule has 0 radical (unpaired) electrons. The maximum absolute atomic E-state index is 12.4. The van der Waals surface area contributed by atoms with Gasteiger partial charge in [-0.05, 0) is 44.5 Å². The molecular formula is C22H22N4O4. The topological polar surface area (TPSA) is 110 Å². The number of ether oxygens (including phenoxy) is 1. The summed E-state index contributed by atoms with van der Waals surface area (Å²) in [7, 11) is 0. The number of rotatable bonds is 5. The monoisotopic (exact) mass is 406 g/mol. The van der Waals surface area contributed by atoms with Gasteiger partial charge in [-0.2, -0.15) is 0 Å². The Morgan fingerprint density at radius 3 is 2.33 bits per heavy atom. The summed E-state index contributed by atoms with van der Waals surface area (Å²) in [5.74, 6) is -1.41. The molecule has 2 N–H and O–H groups in total. The molecule has 0 aliphatic carbocycles. The second kappa shape index (κ2) is 9.13. The number of hydrogen-bond donors (Lipinski definition) is 2. The molecule has 1 atom stereocenters. The molecule has 1 heterocycles. The third-order valence-electron chi connectivity index (χ3n) is 4.50. The summed E-state index contributed by atoms with van der Waals surface area (Å²) in [4.78, 5) is 45.3. The van der Waals surface area contributed by atoms with Gasteiger partial charge in [-0.25, -0.2) is 19.6 Å². The summed E-state index contributed by atoms with van der Waals surface area (Å²) in [6, 6.07) is 13.4. The lowest BCUT2D eigenvalue weighted by atomic mass is 10.2. The molecule has 0 spiro atoms. The summed E-state index contributed by atoms with van der Waals surface area (Å²) in [5, 5.41) is 4.73. The molecule has 0 saturated heterocycles. The van der Waals surface area contributed by atoms with Gasteiger partial charge in [0.15, 0.2) is 6.10 Å². The molecule has 0 saturated carbocycles. The van der Waals surface area contributed by atoms with E-state index in [-0.39, 0.29) is 12.1 Å². The number of imide groups is 1. The summed E-state index contributed by atoms with van der Waals surface area (Å²) < 4.78 is 5.19. The zero-order valence-corrected chi connectivity index (χ0v) is 16.9. The van der Waals surface area contributed by atoms with Crippen LogP contribution in [0.4, 0.5) is 4.79 Å². The maximum atomic E-state index is 12.4. The van der Waals surface area contributed by atoms with Crippen molar-refractivity contribution in [2.45, 2.75) is 33.4 Å². The normalized spacial score (nSPS) is 11.6. The highest BCUT2D eigenvalue weighted by atomic mass is 16.5. The zero-order valence-electron chi connectivity index (χ0n) is 16.9. The van der Waals surface area contributed by atoms with E-state index in [4.69, 9.17) is 4.74 Å². The molecule has 3 aromatic rings. The predicted molar refractivity (Wildman–Crippen MR) is 111 cm³/mol. The number of nitrogens with zero attached hydrogens (tertiary/aromatic N) is 2. The third-order valence-corrected chi connectivity index (χ3v) is 4.50. The Hall–Kier alpha value is -3.81. The van der Waals surface area contributed by atoms with Crippen molar-refractivity contribution in [1.82, 2.24) is 20.6 Å². The number of aromatic nitrogens is 2. The molecule has 0 aliphatic rings. The highest BCUT2D eigenvalue weighted by Crippen LogP contribution is 2.15. The lowest BCUT2D eigenvalue weighted by Gasteiger charge is -2.13. The number of carbonyl (C=O) groups excluding carboxylic acids is 3. The zero-order chi connectivity index (χ0) is 21.7. The van der Waals surface area contributed by atoms with E-state index in [1.165, 1.54) is 6.92 Å². The van der Waals surface area contributed by atoms with Crippen LogP contribution in [-0.2, 0) is 16.1 Å². The summed E-state index contributed by atoms with van der Waals surface area (Å²) in [6.07, 6.45) is -1.15. The Morgan fingerprint density at radius 1 is 0.967 bits per heavy atom. The quantitative estimate of drug-likeness (QED) is 0.631. The van der Waals surface area contributed by atoms with Gasteiger partial charge in [-0.3, -0.25) is 10.1 Å². The lowest BCUT2D eigenvalue weighted by molar-refractivity contribution is -0.127. The van der Waals surface area contributed by atoms with Crippen molar-refractivity contribution in [3.8, 4) is 0 Å². The van der Waals surface area contributed by atoms with Crippen molar-refractivity contribution in [2.75, 3.05) is 0 Å². The molecule has 3 rings (SSSR count). The number of amides is 3.